The van der Waals surface area contributed by atoms with Crippen molar-refractivity contribution in [2.45, 2.75) is 58.8 Å². The van der Waals surface area contributed by atoms with E-state index < -0.39 is 0 Å². The Hall–Kier alpha value is -1.36. The number of allylic oxidation sites excluding steroid dienone is 2. The maximum absolute atomic E-state index is 12.7. The lowest BCUT2D eigenvalue weighted by atomic mass is 9.49. The van der Waals surface area contributed by atoms with Crippen LogP contribution in [-0.4, -0.2) is 48.6 Å². The third kappa shape index (κ3) is 2.76. The van der Waals surface area contributed by atoms with Gasteiger partial charge in [0, 0.05) is 41.7 Å². The number of carbonyl (C=O) groups is 1. The third-order valence-electron chi connectivity index (χ3n) is 8.54. The summed E-state index contributed by atoms with van der Waals surface area (Å²) in [6.45, 7) is 6.59. The Kier molecular flexibility index (Phi) is 4.65. The van der Waals surface area contributed by atoms with Gasteiger partial charge in [-0.15, -0.1) is 0 Å². The Balaban J connectivity index is 1.65. The number of rotatable bonds is 3. The molecule has 5 heteroatoms. The minimum Gasteiger partial charge on any atom is -0.323 e. The van der Waals surface area contributed by atoms with Crippen molar-refractivity contribution in [2.24, 2.45) is 39.5 Å². The molecule has 3 fully saturated rings. The summed E-state index contributed by atoms with van der Waals surface area (Å²) in [5.74, 6) is 8.15. The molecule has 0 unspecified atom stereocenters. The molecule has 0 aromatic carbocycles. The number of piperidine rings is 1. The summed E-state index contributed by atoms with van der Waals surface area (Å²) in [7, 11) is 4.16. The molecule has 0 radical (unpaired) electrons. The number of nitrogens with two attached hydrogens (primary N) is 1. The number of nitrogens with zero attached hydrogens (tertiary/aromatic N) is 3. The van der Waals surface area contributed by atoms with Crippen LogP contribution in [0.3, 0.4) is 0 Å². The second kappa shape index (κ2) is 6.61. The summed E-state index contributed by atoms with van der Waals surface area (Å²) in [6, 6.07) is 0. The first-order valence-corrected chi connectivity index (χ1v) is 10.7. The summed E-state index contributed by atoms with van der Waals surface area (Å²) in [6.07, 6.45) is 9.98. The van der Waals surface area contributed by atoms with Crippen LogP contribution in [0.4, 0.5) is 0 Å². The summed E-state index contributed by atoms with van der Waals surface area (Å²) in [5.41, 5.74) is 2.92. The van der Waals surface area contributed by atoms with E-state index in [0.29, 0.717) is 30.1 Å². The number of likely N-dealkylation sites (tertiary alicyclic amines) is 1. The quantitative estimate of drug-likeness (QED) is 0.611. The van der Waals surface area contributed by atoms with Gasteiger partial charge in [-0.2, -0.15) is 5.10 Å². The Morgan fingerprint density at radius 1 is 1.19 bits per heavy atom. The Bertz CT molecular complexity index is 684. The standard InChI is InChI=1S/C22H36N4O/c1-21-11-9-17-15(16(21)6-7-18(21)24-23)5-8-19-22(17,2)12-10-20(27)26(19)14-13-25(3)4/h8,15-17H,5-7,9-14,23H2,1-4H3/b24-18+/t15-,16-,17-,21-,22+/m0/s1. The van der Waals surface area contributed by atoms with E-state index in [2.05, 4.69) is 48.9 Å². The number of carbonyl (C=O) groups excluding carboxylic acids is 1. The van der Waals surface area contributed by atoms with Crippen molar-refractivity contribution in [1.29, 1.82) is 0 Å². The smallest absolute Gasteiger partial charge is 0.226 e. The predicted octanol–water partition coefficient (Wildman–Crippen LogP) is 3.22. The maximum atomic E-state index is 12.7. The van der Waals surface area contributed by atoms with E-state index in [1.54, 1.807) is 0 Å². The normalized spacial score (nSPS) is 42.8. The lowest BCUT2D eigenvalue weighted by molar-refractivity contribution is -0.136. The van der Waals surface area contributed by atoms with Crippen LogP contribution in [0.25, 0.3) is 0 Å². The van der Waals surface area contributed by atoms with Gasteiger partial charge in [-0.05, 0) is 70.4 Å². The van der Waals surface area contributed by atoms with E-state index in [4.69, 9.17) is 5.84 Å². The molecule has 1 saturated heterocycles. The van der Waals surface area contributed by atoms with Gasteiger partial charge in [0.1, 0.15) is 0 Å². The highest BCUT2D eigenvalue weighted by molar-refractivity contribution is 5.92. The van der Waals surface area contributed by atoms with Gasteiger partial charge in [-0.1, -0.05) is 19.9 Å². The van der Waals surface area contributed by atoms with Gasteiger partial charge in [0.2, 0.25) is 5.91 Å². The summed E-state index contributed by atoms with van der Waals surface area (Å²) >= 11 is 0. The number of amides is 1. The molecule has 150 valence electrons. The number of hydrogen-bond donors (Lipinski definition) is 1. The van der Waals surface area contributed by atoms with Crippen molar-refractivity contribution in [3.8, 4) is 0 Å². The van der Waals surface area contributed by atoms with Crippen molar-refractivity contribution in [3.63, 3.8) is 0 Å². The van der Waals surface area contributed by atoms with Gasteiger partial charge in [-0.3, -0.25) is 4.79 Å². The fourth-order valence-electron chi connectivity index (χ4n) is 6.99. The van der Waals surface area contributed by atoms with Crippen LogP contribution in [0.15, 0.2) is 16.9 Å². The lowest BCUT2D eigenvalue weighted by Gasteiger charge is -2.58. The van der Waals surface area contributed by atoms with Gasteiger partial charge < -0.3 is 15.6 Å². The first-order valence-electron chi connectivity index (χ1n) is 10.7. The first kappa shape index (κ1) is 19.0. The largest absolute Gasteiger partial charge is 0.323 e. The molecule has 27 heavy (non-hydrogen) atoms. The van der Waals surface area contributed by atoms with Gasteiger partial charge in [0.05, 0.1) is 0 Å². The number of hydrazone groups is 1. The minimum absolute atomic E-state index is 0.146. The second-order valence-corrected chi connectivity index (χ2v) is 10.0. The maximum Gasteiger partial charge on any atom is 0.226 e. The molecule has 1 aliphatic heterocycles. The van der Waals surface area contributed by atoms with Gasteiger partial charge in [0.15, 0.2) is 0 Å². The van der Waals surface area contributed by atoms with Crippen LogP contribution >= 0.6 is 0 Å². The van der Waals surface area contributed by atoms with Crippen LogP contribution in [0.5, 0.6) is 0 Å². The van der Waals surface area contributed by atoms with E-state index in [0.717, 1.165) is 32.4 Å². The van der Waals surface area contributed by atoms with Crippen LogP contribution < -0.4 is 5.84 Å². The zero-order valence-electron chi connectivity index (χ0n) is 17.5. The van der Waals surface area contributed by atoms with Gasteiger partial charge in [-0.25, -0.2) is 0 Å². The van der Waals surface area contributed by atoms with Crippen molar-refractivity contribution >= 4 is 11.6 Å². The average molecular weight is 373 g/mol. The lowest BCUT2D eigenvalue weighted by Crippen LogP contribution is -2.55. The number of fused-ring (bicyclic) bond motifs is 5. The molecule has 0 aromatic heterocycles. The average Bonchev–Trinajstić information content (AvgIpc) is 2.97. The molecule has 0 spiro atoms. The minimum atomic E-state index is 0.146. The highest BCUT2D eigenvalue weighted by Crippen LogP contribution is 2.63. The molecule has 1 heterocycles. The molecular weight excluding hydrogens is 336 g/mol. The Morgan fingerprint density at radius 2 is 1.93 bits per heavy atom. The molecule has 4 aliphatic rings. The fraction of sp³-hybridized carbons (Fsp3) is 0.818. The van der Waals surface area contributed by atoms with Gasteiger partial charge >= 0.3 is 0 Å². The molecule has 0 bridgehead atoms. The van der Waals surface area contributed by atoms with Crippen molar-refractivity contribution in [1.82, 2.24) is 9.80 Å². The van der Waals surface area contributed by atoms with Crippen molar-refractivity contribution < 1.29 is 4.79 Å². The topological polar surface area (TPSA) is 61.9 Å². The highest BCUT2D eigenvalue weighted by atomic mass is 16.2. The van der Waals surface area contributed by atoms with E-state index in [1.807, 2.05) is 0 Å². The van der Waals surface area contributed by atoms with E-state index in [9.17, 15) is 4.79 Å². The van der Waals surface area contributed by atoms with Crippen LogP contribution in [0.1, 0.15) is 58.8 Å². The predicted molar refractivity (Wildman–Crippen MR) is 109 cm³/mol. The zero-order chi connectivity index (χ0) is 19.4. The monoisotopic (exact) mass is 372 g/mol. The number of hydrogen-bond acceptors (Lipinski definition) is 4. The molecule has 2 N–H and O–H groups in total. The van der Waals surface area contributed by atoms with Crippen molar-refractivity contribution in [2.75, 3.05) is 27.2 Å². The molecule has 2 saturated carbocycles. The summed E-state index contributed by atoms with van der Waals surface area (Å²) < 4.78 is 0. The van der Waals surface area contributed by atoms with Crippen molar-refractivity contribution in [3.05, 3.63) is 11.8 Å². The Labute approximate surface area is 164 Å². The molecule has 1 amide bonds. The van der Waals surface area contributed by atoms with Gasteiger partial charge in [0.25, 0.3) is 0 Å². The molecular formula is C22H36N4O. The number of likely N-dealkylation sites (N-methyl/N-ethyl adjacent to an activating group) is 1. The van der Waals surface area contributed by atoms with E-state index >= 15 is 0 Å². The highest BCUT2D eigenvalue weighted by Gasteiger charge is 2.58. The SMILES string of the molecule is CN(C)CCN1C(=O)CC[C@@]2(C)C1=CC[C@@H]1[C@@H]2CC[C@]2(C)/C(=N/N)CC[C@@H]12. The molecule has 5 nitrogen and oxygen atoms in total. The van der Waals surface area contributed by atoms with E-state index in [-0.39, 0.29) is 10.8 Å². The first-order chi connectivity index (χ1) is 12.8. The zero-order valence-corrected chi connectivity index (χ0v) is 17.5. The summed E-state index contributed by atoms with van der Waals surface area (Å²) in [4.78, 5) is 17.0. The fourth-order valence-corrected chi connectivity index (χ4v) is 6.99. The van der Waals surface area contributed by atoms with Crippen LogP contribution in [0, 0.1) is 28.6 Å². The molecule has 4 rings (SSSR count). The summed E-state index contributed by atoms with van der Waals surface area (Å²) in [5, 5.41) is 4.19. The van der Waals surface area contributed by atoms with Crippen LogP contribution in [-0.2, 0) is 4.79 Å². The van der Waals surface area contributed by atoms with Crippen LogP contribution in [0.2, 0.25) is 0 Å². The molecule has 5 atom stereocenters. The molecule has 3 aliphatic carbocycles. The van der Waals surface area contributed by atoms with E-state index in [1.165, 1.54) is 30.7 Å². The second-order valence-electron chi connectivity index (χ2n) is 10.0. The Morgan fingerprint density at radius 3 is 2.63 bits per heavy atom. The molecule has 0 aromatic rings. The third-order valence-corrected chi connectivity index (χ3v) is 8.54.